The van der Waals surface area contributed by atoms with Crippen LogP contribution in [0, 0.1) is 6.92 Å². The van der Waals surface area contributed by atoms with E-state index in [-0.39, 0.29) is 10.8 Å². The number of carbonyl (C=O) groups is 1. The lowest BCUT2D eigenvalue weighted by Crippen LogP contribution is -2.44. The molecule has 0 saturated carbocycles. The Labute approximate surface area is 184 Å². The monoisotopic (exact) mass is 442 g/mol. The molecule has 31 heavy (non-hydrogen) atoms. The SMILES string of the molecule is Cc1ccc(NC(=O)C2(c3ccccc3)CCOCC2)cc1S(=O)(=O)N1CCCCC1. The molecule has 0 unspecified atom stereocenters. The van der Waals surface area contributed by atoms with E-state index >= 15 is 0 Å². The van der Waals surface area contributed by atoms with Gasteiger partial charge in [0.25, 0.3) is 0 Å². The first-order chi connectivity index (χ1) is 14.9. The molecule has 0 bridgehead atoms. The van der Waals surface area contributed by atoms with Gasteiger partial charge in [-0.1, -0.05) is 42.8 Å². The minimum Gasteiger partial charge on any atom is -0.381 e. The summed E-state index contributed by atoms with van der Waals surface area (Å²) < 4.78 is 33.6. The van der Waals surface area contributed by atoms with Crippen LogP contribution in [0.15, 0.2) is 53.4 Å². The van der Waals surface area contributed by atoms with Crippen molar-refractivity contribution in [2.75, 3.05) is 31.6 Å². The molecule has 4 rings (SSSR count). The van der Waals surface area contributed by atoms with E-state index in [1.807, 2.05) is 30.3 Å². The Bertz CT molecular complexity index is 1020. The first-order valence-corrected chi connectivity index (χ1v) is 12.4. The van der Waals surface area contributed by atoms with Gasteiger partial charge in [-0.25, -0.2) is 8.42 Å². The lowest BCUT2D eigenvalue weighted by molar-refractivity contribution is -0.125. The predicted molar refractivity (Wildman–Crippen MR) is 121 cm³/mol. The van der Waals surface area contributed by atoms with Gasteiger partial charge >= 0.3 is 0 Å². The molecule has 166 valence electrons. The lowest BCUT2D eigenvalue weighted by Gasteiger charge is -2.36. The first-order valence-electron chi connectivity index (χ1n) is 11.0. The number of amides is 1. The molecule has 0 aromatic heterocycles. The number of nitrogens with zero attached hydrogens (tertiary/aromatic N) is 1. The molecule has 0 atom stereocenters. The van der Waals surface area contributed by atoms with E-state index in [2.05, 4.69) is 5.32 Å². The second-order valence-electron chi connectivity index (χ2n) is 8.46. The van der Waals surface area contributed by atoms with Crippen LogP contribution in [0.4, 0.5) is 5.69 Å². The number of carbonyl (C=O) groups excluding carboxylic acids is 1. The van der Waals surface area contributed by atoms with Crippen molar-refractivity contribution < 1.29 is 17.9 Å². The van der Waals surface area contributed by atoms with Crippen molar-refractivity contribution in [2.45, 2.75) is 49.3 Å². The number of piperidine rings is 1. The minimum atomic E-state index is -3.58. The van der Waals surface area contributed by atoms with Gasteiger partial charge in [-0.05, 0) is 55.9 Å². The fourth-order valence-electron chi connectivity index (χ4n) is 4.57. The van der Waals surface area contributed by atoms with E-state index in [9.17, 15) is 13.2 Å². The van der Waals surface area contributed by atoms with Gasteiger partial charge in [-0.2, -0.15) is 4.31 Å². The quantitative estimate of drug-likeness (QED) is 0.763. The van der Waals surface area contributed by atoms with Crippen molar-refractivity contribution in [3.8, 4) is 0 Å². The fraction of sp³-hybridized carbons (Fsp3) is 0.458. The predicted octanol–water partition coefficient (Wildman–Crippen LogP) is 3.86. The zero-order valence-corrected chi connectivity index (χ0v) is 18.8. The highest BCUT2D eigenvalue weighted by Crippen LogP contribution is 2.36. The van der Waals surface area contributed by atoms with Crippen LogP contribution in [0.2, 0.25) is 0 Å². The van der Waals surface area contributed by atoms with Crippen LogP contribution in [0.25, 0.3) is 0 Å². The molecule has 2 heterocycles. The third-order valence-corrected chi connectivity index (χ3v) is 8.53. The van der Waals surface area contributed by atoms with Gasteiger partial charge < -0.3 is 10.1 Å². The van der Waals surface area contributed by atoms with Gasteiger partial charge in [0.05, 0.1) is 10.3 Å². The molecule has 2 fully saturated rings. The molecule has 2 saturated heterocycles. The number of anilines is 1. The molecule has 1 amide bonds. The van der Waals surface area contributed by atoms with Crippen LogP contribution in [-0.4, -0.2) is 44.9 Å². The number of nitrogens with one attached hydrogen (secondary N) is 1. The van der Waals surface area contributed by atoms with Crippen LogP contribution < -0.4 is 5.32 Å². The van der Waals surface area contributed by atoms with Crippen LogP contribution in [0.5, 0.6) is 0 Å². The number of sulfonamides is 1. The maximum Gasteiger partial charge on any atom is 0.243 e. The summed E-state index contributed by atoms with van der Waals surface area (Å²) in [7, 11) is -3.58. The molecule has 2 aromatic rings. The van der Waals surface area contributed by atoms with Crippen LogP contribution in [-0.2, 0) is 25.0 Å². The largest absolute Gasteiger partial charge is 0.381 e. The first kappa shape index (κ1) is 22.0. The summed E-state index contributed by atoms with van der Waals surface area (Å²) in [5.41, 5.74) is 1.47. The maximum absolute atomic E-state index is 13.5. The van der Waals surface area contributed by atoms with Crippen molar-refractivity contribution in [2.24, 2.45) is 0 Å². The summed E-state index contributed by atoms with van der Waals surface area (Å²) in [6.07, 6.45) is 4.01. The number of hydrogen-bond acceptors (Lipinski definition) is 4. The van der Waals surface area contributed by atoms with Crippen LogP contribution in [0.1, 0.15) is 43.2 Å². The standard InChI is InChI=1S/C24H30N2O4S/c1-19-10-11-21(18-22(19)31(28,29)26-14-6-3-7-15-26)25-23(27)24(12-16-30-17-13-24)20-8-4-2-5-9-20/h2,4-5,8-11,18H,3,6-7,12-17H2,1H3,(H,25,27). The van der Waals surface area contributed by atoms with E-state index in [0.29, 0.717) is 50.4 Å². The summed E-state index contributed by atoms with van der Waals surface area (Å²) in [6, 6.07) is 14.9. The maximum atomic E-state index is 13.5. The minimum absolute atomic E-state index is 0.118. The van der Waals surface area contributed by atoms with E-state index in [1.54, 1.807) is 29.4 Å². The molecule has 2 aliphatic rings. The van der Waals surface area contributed by atoms with Gasteiger partial charge in [0, 0.05) is 32.0 Å². The molecular weight excluding hydrogens is 412 g/mol. The summed E-state index contributed by atoms with van der Waals surface area (Å²) in [4.78, 5) is 13.8. The smallest absolute Gasteiger partial charge is 0.243 e. The van der Waals surface area contributed by atoms with Crippen molar-refractivity contribution in [1.82, 2.24) is 4.31 Å². The van der Waals surface area contributed by atoms with E-state index in [1.165, 1.54) is 0 Å². The highest BCUT2D eigenvalue weighted by molar-refractivity contribution is 7.89. The molecule has 0 spiro atoms. The summed E-state index contributed by atoms with van der Waals surface area (Å²) in [5, 5.41) is 3.02. The summed E-state index contributed by atoms with van der Waals surface area (Å²) in [5.74, 6) is -0.118. The zero-order chi connectivity index (χ0) is 21.9. The van der Waals surface area contributed by atoms with E-state index < -0.39 is 15.4 Å². The molecular formula is C24H30N2O4S. The summed E-state index contributed by atoms with van der Waals surface area (Å²) >= 11 is 0. The Morgan fingerprint density at radius 1 is 1.00 bits per heavy atom. The summed E-state index contributed by atoms with van der Waals surface area (Å²) in [6.45, 7) is 3.94. The van der Waals surface area contributed by atoms with Gasteiger partial charge in [0.15, 0.2) is 0 Å². The van der Waals surface area contributed by atoms with Crippen LogP contribution in [0.3, 0.4) is 0 Å². The van der Waals surface area contributed by atoms with Gasteiger partial charge in [-0.3, -0.25) is 4.79 Å². The third kappa shape index (κ3) is 4.40. The highest BCUT2D eigenvalue weighted by atomic mass is 32.2. The van der Waals surface area contributed by atoms with Gasteiger partial charge in [0.2, 0.25) is 15.9 Å². The fourth-order valence-corrected chi connectivity index (χ4v) is 6.34. The van der Waals surface area contributed by atoms with Gasteiger partial charge in [0.1, 0.15) is 0 Å². The van der Waals surface area contributed by atoms with E-state index in [4.69, 9.17) is 4.74 Å². The Hall–Kier alpha value is -2.22. The highest BCUT2D eigenvalue weighted by Gasteiger charge is 2.41. The molecule has 7 heteroatoms. The Morgan fingerprint density at radius 3 is 2.35 bits per heavy atom. The zero-order valence-electron chi connectivity index (χ0n) is 18.0. The number of benzene rings is 2. The van der Waals surface area contributed by atoms with Crippen molar-refractivity contribution in [3.63, 3.8) is 0 Å². The lowest BCUT2D eigenvalue weighted by atomic mass is 9.73. The van der Waals surface area contributed by atoms with Crippen LogP contribution >= 0.6 is 0 Å². The van der Waals surface area contributed by atoms with Crippen molar-refractivity contribution >= 4 is 21.6 Å². The molecule has 2 aromatic carbocycles. The van der Waals surface area contributed by atoms with Crippen molar-refractivity contribution in [3.05, 3.63) is 59.7 Å². The molecule has 1 N–H and O–H groups in total. The second kappa shape index (κ2) is 9.10. The molecule has 6 nitrogen and oxygen atoms in total. The Balaban J connectivity index is 1.63. The number of hydrogen-bond donors (Lipinski definition) is 1. The Morgan fingerprint density at radius 2 is 1.68 bits per heavy atom. The normalized spacial score (nSPS) is 19.6. The van der Waals surface area contributed by atoms with E-state index in [0.717, 1.165) is 24.8 Å². The van der Waals surface area contributed by atoms with Crippen molar-refractivity contribution in [1.29, 1.82) is 0 Å². The molecule has 0 aliphatic carbocycles. The van der Waals surface area contributed by atoms with Gasteiger partial charge in [-0.15, -0.1) is 0 Å². The topological polar surface area (TPSA) is 75.7 Å². The molecule has 2 aliphatic heterocycles. The number of rotatable bonds is 5. The number of aryl methyl sites for hydroxylation is 1. The molecule has 0 radical (unpaired) electrons. The number of ether oxygens (including phenoxy) is 1. The Kier molecular flexibility index (Phi) is 6.46. The second-order valence-corrected chi connectivity index (χ2v) is 10.4. The average Bonchev–Trinajstić information content (AvgIpc) is 2.81. The average molecular weight is 443 g/mol. The third-order valence-electron chi connectivity index (χ3n) is 6.49.